The molecule has 0 radical (unpaired) electrons. The Labute approximate surface area is 100 Å². The summed E-state index contributed by atoms with van der Waals surface area (Å²) >= 11 is 0. The largest absolute Gasteiger partial charge is 0.481 e. The minimum absolute atomic E-state index is 0.296. The number of aliphatic hydroxyl groups is 2. The van der Waals surface area contributed by atoms with Gasteiger partial charge in [-0.3, -0.25) is 14.9 Å². The average molecular weight is 251 g/mol. The molecule has 17 heavy (non-hydrogen) atoms. The molecule has 0 saturated carbocycles. The van der Waals surface area contributed by atoms with Crippen molar-refractivity contribution in [3.63, 3.8) is 0 Å². The van der Waals surface area contributed by atoms with Gasteiger partial charge in [0.25, 0.3) is 0 Å². The number of hydrogen-bond acceptors (Lipinski definition) is 5. The highest BCUT2D eigenvalue weighted by atomic mass is 16.4. The molecule has 0 aliphatic heterocycles. The van der Waals surface area contributed by atoms with Crippen molar-refractivity contribution in [2.75, 3.05) is 0 Å². The van der Waals surface area contributed by atoms with Crippen LogP contribution in [0.5, 0.6) is 0 Å². The second-order valence-electron chi connectivity index (χ2n) is 4.53. The first kappa shape index (κ1) is 18.2. The van der Waals surface area contributed by atoms with E-state index in [0.29, 0.717) is 0 Å². The smallest absolute Gasteiger partial charge is 0.303 e. The number of aliphatic carboxylic acids is 2. The molecule has 7 heteroatoms. The highest BCUT2D eigenvalue weighted by Crippen LogP contribution is 2.03. The summed E-state index contributed by atoms with van der Waals surface area (Å²) in [4.78, 5) is 19.3. The summed E-state index contributed by atoms with van der Waals surface area (Å²) in [7, 11) is 0. The quantitative estimate of drug-likeness (QED) is 0.434. The van der Waals surface area contributed by atoms with Crippen LogP contribution in [0.2, 0.25) is 0 Å². The molecule has 0 unspecified atom stereocenters. The molecule has 0 fully saturated rings. The number of carboxylic acid groups (broad SMARTS) is 2. The molecule has 7 nitrogen and oxygen atoms in total. The van der Waals surface area contributed by atoms with Crippen LogP contribution in [0, 0.1) is 0 Å². The van der Waals surface area contributed by atoms with Gasteiger partial charge in [-0.1, -0.05) is 0 Å². The first-order valence-electron chi connectivity index (χ1n) is 5.01. The standard InChI is InChI=1S/C6H15NO2.C4H6O4/c1-5(2,8)7-6(3,4)9;5-3(6)1-2-4(7)8/h7-9H,1-4H3;1-2H2,(H,5,6)(H,7,8). The Morgan fingerprint density at radius 1 is 0.882 bits per heavy atom. The third-order valence-corrected chi connectivity index (χ3v) is 1.16. The van der Waals surface area contributed by atoms with E-state index >= 15 is 0 Å². The van der Waals surface area contributed by atoms with Gasteiger partial charge in [-0.15, -0.1) is 0 Å². The molecule has 0 bridgehead atoms. The molecule has 0 aliphatic carbocycles. The van der Waals surface area contributed by atoms with E-state index < -0.39 is 23.4 Å². The zero-order chi connectivity index (χ0) is 14.3. The molecular weight excluding hydrogens is 230 g/mol. The fourth-order valence-electron chi connectivity index (χ4n) is 0.962. The summed E-state index contributed by atoms with van der Waals surface area (Å²) in [6.07, 6.45) is -0.593. The van der Waals surface area contributed by atoms with E-state index in [2.05, 4.69) is 5.32 Å². The average Bonchev–Trinajstić information content (AvgIpc) is 1.94. The van der Waals surface area contributed by atoms with E-state index in [-0.39, 0.29) is 12.8 Å². The van der Waals surface area contributed by atoms with Crippen molar-refractivity contribution >= 4 is 11.9 Å². The van der Waals surface area contributed by atoms with Crippen LogP contribution in [0.1, 0.15) is 40.5 Å². The van der Waals surface area contributed by atoms with E-state index in [9.17, 15) is 9.59 Å². The third-order valence-electron chi connectivity index (χ3n) is 1.16. The number of carboxylic acids is 2. The first-order valence-corrected chi connectivity index (χ1v) is 5.01. The Balaban J connectivity index is 0. The van der Waals surface area contributed by atoms with E-state index in [1.807, 2.05) is 0 Å². The molecule has 0 rings (SSSR count). The Morgan fingerprint density at radius 3 is 1.18 bits per heavy atom. The van der Waals surface area contributed by atoms with Crippen molar-refractivity contribution in [1.82, 2.24) is 5.32 Å². The fraction of sp³-hybridized carbons (Fsp3) is 0.800. The first-order chi connectivity index (χ1) is 7.33. The number of carbonyl (C=O) groups is 2. The Morgan fingerprint density at radius 2 is 1.12 bits per heavy atom. The lowest BCUT2D eigenvalue weighted by Gasteiger charge is -2.28. The summed E-state index contributed by atoms with van der Waals surface area (Å²) in [5.74, 6) is -2.15. The Kier molecular flexibility index (Phi) is 7.71. The molecule has 0 atom stereocenters. The van der Waals surface area contributed by atoms with Crippen molar-refractivity contribution in [2.45, 2.75) is 52.0 Å². The van der Waals surface area contributed by atoms with Gasteiger partial charge in [0.15, 0.2) is 0 Å². The van der Waals surface area contributed by atoms with Gasteiger partial charge in [-0.2, -0.15) is 0 Å². The predicted octanol–water partition coefficient (Wildman–Crippen LogP) is -0.0314. The van der Waals surface area contributed by atoms with Crippen molar-refractivity contribution in [2.24, 2.45) is 0 Å². The second-order valence-corrected chi connectivity index (χ2v) is 4.53. The van der Waals surface area contributed by atoms with E-state index in [1.165, 1.54) is 0 Å². The molecule has 0 aromatic rings. The summed E-state index contributed by atoms with van der Waals surface area (Å²) < 4.78 is 0. The SMILES string of the molecule is CC(C)(O)NC(C)(C)O.O=C(O)CCC(=O)O. The summed E-state index contributed by atoms with van der Waals surface area (Å²) in [5, 5.41) is 36.5. The van der Waals surface area contributed by atoms with Crippen molar-refractivity contribution in [1.29, 1.82) is 0 Å². The monoisotopic (exact) mass is 251 g/mol. The molecule has 0 saturated heterocycles. The highest BCUT2D eigenvalue weighted by molar-refractivity contribution is 5.75. The topological polar surface area (TPSA) is 127 Å². The van der Waals surface area contributed by atoms with Gasteiger partial charge in [0.2, 0.25) is 0 Å². The van der Waals surface area contributed by atoms with Gasteiger partial charge >= 0.3 is 11.9 Å². The molecule has 0 aromatic heterocycles. The van der Waals surface area contributed by atoms with Gasteiger partial charge in [0.1, 0.15) is 11.4 Å². The van der Waals surface area contributed by atoms with Crippen LogP contribution < -0.4 is 5.32 Å². The molecule has 0 aliphatic rings. The maximum atomic E-state index is 9.64. The maximum Gasteiger partial charge on any atom is 0.303 e. The van der Waals surface area contributed by atoms with Gasteiger partial charge < -0.3 is 20.4 Å². The second kappa shape index (κ2) is 7.21. The summed E-state index contributed by atoms with van der Waals surface area (Å²) in [6.45, 7) is 6.30. The molecule has 0 amide bonds. The van der Waals surface area contributed by atoms with Crippen LogP contribution in [0.3, 0.4) is 0 Å². The van der Waals surface area contributed by atoms with Crippen molar-refractivity contribution in [3.8, 4) is 0 Å². The zero-order valence-electron chi connectivity index (χ0n) is 10.5. The lowest BCUT2D eigenvalue weighted by molar-refractivity contribution is -0.143. The Hall–Kier alpha value is -1.18. The van der Waals surface area contributed by atoms with Crippen LogP contribution in [-0.4, -0.2) is 43.8 Å². The minimum atomic E-state index is -1.08. The van der Waals surface area contributed by atoms with E-state index in [1.54, 1.807) is 27.7 Å². The van der Waals surface area contributed by atoms with Crippen LogP contribution in [0.4, 0.5) is 0 Å². The normalized spacial score (nSPS) is 11.4. The van der Waals surface area contributed by atoms with Gasteiger partial charge in [-0.25, -0.2) is 0 Å². The molecular formula is C10H21NO6. The van der Waals surface area contributed by atoms with Gasteiger partial charge in [0, 0.05) is 0 Å². The number of hydrogen-bond donors (Lipinski definition) is 5. The lowest BCUT2D eigenvalue weighted by Crippen LogP contribution is -2.51. The van der Waals surface area contributed by atoms with Gasteiger partial charge in [0.05, 0.1) is 12.8 Å². The van der Waals surface area contributed by atoms with Crippen molar-refractivity contribution < 1.29 is 30.0 Å². The molecule has 0 heterocycles. The zero-order valence-corrected chi connectivity index (χ0v) is 10.5. The molecule has 0 aromatic carbocycles. The van der Waals surface area contributed by atoms with Crippen LogP contribution in [0.25, 0.3) is 0 Å². The third kappa shape index (κ3) is 25.3. The van der Waals surface area contributed by atoms with Crippen LogP contribution in [0.15, 0.2) is 0 Å². The summed E-state index contributed by atoms with van der Waals surface area (Å²) in [6, 6.07) is 0. The highest BCUT2D eigenvalue weighted by Gasteiger charge is 2.21. The molecule has 5 N–H and O–H groups in total. The van der Waals surface area contributed by atoms with E-state index in [4.69, 9.17) is 20.4 Å². The fourth-order valence-corrected chi connectivity index (χ4v) is 0.962. The summed E-state index contributed by atoms with van der Waals surface area (Å²) in [5.41, 5.74) is -2.03. The Bertz CT molecular complexity index is 225. The maximum absolute atomic E-state index is 9.64. The van der Waals surface area contributed by atoms with Crippen LogP contribution >= 0.6 is 0 Å². The lowest BCUT2D eigenvalue weighted by atomic mass is 10.2. The number of rotatable bonds is 5. The van der Waals surface area contributed by atoms with E-state index in [0.717, 1.165) is 0 Å². The van der Waals surface area contributed by atoms with Crippen molar-refractivity contribution in [3.05, 3.63) is 0 Å². The molecule has 102 valence electrons. The van der Waals surface area contributed by atoms with Crippen LogP contribution in [-0.2, 0) is 9.59 Å². The van der Waals surface area contributed by atoms with Gasteiger partial charge in [-0.05, 0) is 27.7 Å². The number of nitrogens with one attached hydrogen (secondary N) is 1. The predicted molar refractivity (Wildman–Crippen MR) is 60.2 cm³/mol. The molecule has 0 spiro atoms. The minimum Gasteiger partial charge on any atom is -0.481 e.